The van der Waals surface area contributed by atoms with Crippen LogP contribution in [0.5, 0.6) is 0 Å². The van der Waals surface area contributed by atoms with Gasteiger partial charge in [-0.25, -0.2) is 4.98 Å². The van der Waals surface area contributed by atoms with E-state index in [-0.39, 0.29) is 12.0 Å². The molecular formula is C13H16BrClN2O2. The fraction of sp³-hybridized carbons (Fsp3) is 0.538. The van der Waals surface area contributed by atoms with Crippen molar-refractivity contribution in [3.63, 3.8) is 0 Å². The number of amides is 1. The van der Waals surface area contributed by atoms with Gasteiger partial charge < -0.3 is 10.1 Å². The summed E-state index contributed by atoms with van der Waals surface area (Å²) in [6, 6.07) is 1.67. The maximum atomic E-state index is 11.9. The number of hydrogen-bond acceptors (Lipinski definition) is 3. The van der Waals surface area contributed by atoms with E-state index >= 15 is 0 Å². The monoisotopic (exact) mass is 346 g/mol. The summed E-state index contributed by atoms with van der Waals surface area (Å²) >= 11 is 9.12. The SMILES string of the molecule is O=C(CCC1CCCCO1)Nc1cc(Cl)cnc1Br. The lowest BCUT2D eigenvalue weighted by molar-refractivity contribution is -0.117. The van der Waals surface area contributed by atoms with Gasteiger partial charge in [0.2, 0.25) is 5.91 Å². The number of carbonyl (C=O) groups is 1. The number of ether oxygens (including phenoxy) is 1. The summed E-state index contributed by atoms with van der Waals surface area (Å²) in [6.07, 6.45) is 6.33. The van der Waals surface area contributed by atoms with Crippen LogP contribution in [0.2, 0.25) is 5.02 Å². The van der Waals surface area contributed by atoms with Crippen molar-refractivity contribution < 1.29 is 9.53 Å². The number of anilines is 1. The van der Waals surface area contributed by atoms with Crippen molar-refractivity contribution in [3.05, 3.63) is 21.9 Å². The van der Waals surface area contributed by atoms with E-state index in [1.165, 1.54) is 12.6 Å². The molecule has 0 radical (unpaired) electrons. The highest BCUT2D eigenvalue weighted by atomic mass is 79.9. The highest BCUT2D eigenvalue weighted by Crippen LogP contribution is 2.24. The Morgan fingerprint density at radius 1 is 1.58 bits per heavy atom. The average Bonchev–Trinajstić information content (AvgIpc) is 2.42. The third-order valence-corrected chi connectivity index (χ3v) is 3.89. The normalized spacial score (nSPS) is 19.2. The van der Waals surface area contributed by atoms with E-state index in [9.17, 15) is 4.79 Å². The molecule has 0 aliphatic carbocycles. The molecule has 1 aliphatic heterocycles. The van der Waals surface area contributed by atoms with E-state index < -0.39 is 0 Å². The number of carbonyl (C=O) groups excluding carboxylic acids is 1. The Labute approximate surface area is 126 Å². The van der Waals surface area contributed by atoms with E-state index in [4.69, 9.17) is 16.3 Å². The second-order valence-electron chi connectivity index (χ2n) is 4.57. The van der Waals surface area contributed by atoms with Gasteiger partial charge >= 0.3 is 0 Å². The number of pyridine rings is 1. The van der Waals surface area contributed by atoms with Gasteiger partial charge in [-0.05, 0) is 47.7 Å². The van der Waals surface area contributed by atoms with Crippen molar-refractivity contribution in [3.8, 4) is 0 Å². The van der Waals surface area contributed by atoms with Gasteiger partial charge in [0.15, 0.2) is 0 Å². The quantitative estimate of drug-likeness (QED) is 0.843. The van der Waals surface area contributed by atoms with E-state index in [2.05, 4.69) is 26.2 Å². The van der Waals surface area contributed by atoms with Gasteiger partial charge in [-0.2, -0.15) is 0 Å². The van der Waals surface area contributed by atoms with Crippen LogP contribution in [0.4, 0.5) is 5.69 Å². The van der Waals surface area contributed by atoms with Crippen LogP contribution in [0.15, 0.2) is 16.9 Å². The third kappa shape index (κ3) is 4.75. The lowest BCUT2D eigenvalue weighted by Gasteiger charge is -2.22. The van der Waals surface area contributed by atoms with Crippen LogP contribution in [-0.2, 0) is 9.53 Å². The molecule has 4 nitrogen and oxygen atoms in total. The second-order valence-corrected chi connectivity index (χ2v) is 5.75. The summed E-state index contributed by atoms with van der Waals surface area (Å²) in [5.74, 6) is -0.0426. The standard InChI is InChI=1S/C13H16BrClN2O2/c14-13-11(7-9(15)8-16-13)17-12(18)5-4-10-3-1-2-6-19-10/h7-8,10H,1-6H2,(H,17,18). The highest BCUT2D eigenvalue weighted by molar-refractivity contribution is 9.10. The zero-order valence-corrected chi connectivity index (χ0v) is 12.8. The summed E-state index contributed by atoms with van der Waals surface area (Å²) in [5, 5.41) is 3.30. The van der Waals surface area contributed by atoms with Crippen LogP contribution >= 0.6 is 27.5 Å². The molecule has 1 aromatic heterocycles. The topological polar surface area (TPSA) is 51.2 Å². The predicted octanol–water partition coefficient (Wildman–Crippen LogP) is 3.79. The first-order valence-electron chi connectivity index (χ1n) is 6.37. The van der Waals surface area contributed by atoms with E-state index in [0.717, 1.165) is 25.9 Å². The van der Waals surface area contributed by atoms with Crippen molar-refractivity contribution in [2.45, 2.75) is 38.2 Å². The molecule has 1 N–H and O–H groups in total. The zero-order chi connectivity index (χ0) is 13.7. The van der Waals surface area contributed by atoms with Crippen LogP contribution in [0.3, 0.4) is 0 Å². The maximum Gasteiger partial charge on any atom is 0.224 e. The Morgan fingerprint density at radius 2 is 2.42 bits per heavy atom. The summed E-state index contributed by atoms with van der Waals surface area (Å²) in [4.78, 5) is 15.9. The van der Waals surface area contributed by atoms with Gasteiger partial charge in [-0.3, -0.25) is 4.79 Å². The van der Waals surface area contributed by atoms with E-state index in [0.29, 0.717) is 21.7 Å². The number of nitrogens with zero attached hydrogens (tertiary/aromatic N) is 1. The molecule has 1 aromatic rings. The molecule has 1 amide bonds. The molecule has 0 aromatic carbocycles. The summed E-state index contributed by atoms with van der Waals surface area (Å²) in [5.41, 5.74) is 0.599. The third-order valence-electron chi connectivity index (χ3n) is 3.05. The molecule has 0 spiro atoms. The second kappa shape index (κ2) is 7.22. The number of rotatable bonds is 4. The number of nitrogens with one attached hydrogen (secondary N) is 1. The first-order chi connectivity index (χ1) is 9.15. The number of halogens is 2. The van der Waals surface area contributed by atoms with Gasteiger partial charge in [-0.1, -0.05) is 11.6 Å². The first kappa shape index (κ1) is 14.8. The minimum Gasteiger partial charge on any atom is -0.378 e. The maximum absolute atomic E-state index is 11.9. The molecule has 1 aliphatic rings. The molecular weight excluding hydrogens is 332 g/mol. The Balaban J connectivity index is 1.81. The zero-order valence-electron chi connectivity index (χ0n) is 10.5. The Bertz CT molecular complexity index is 450. The summed E-state index contributed by atoms with van der Waals surface area (Å²) in [7, 11) is 0. The van der Waals surface area contributed by atoms with Gasteiger partial charge in [0.25, 0.3) is 0 Å². The van der Waals surface area contributed by atoms with Crippen molar-refractivity contribution >= 4 is 39.1 Å². The minimum absolute atomic E-state index is 0.0426. The molecule has 19 heavy (non-hydrogen) atoms. The Morgan fingerprint density at radius 3 is 3.16 bits per heavy atom. The Hall–Kier alpha value is -0.650. The molecule has 2 rings (SSSR count). The predicted molar refractivity (Wildman–Crippen MR) is 78.4 cm³/mol. The lowest BCUT2D eigenvalue weighted by Crippen LogP contribution is -2.21. The molecule has 1 unspecified atom stereocenters. The van der Waals surface area contributed by atoms with Crippen LogP contribution in [0.25, 0.3) is 0 Å². The van der Waals surface area contributed by atoms with E-state index in [1.54, 1.807) is 6.07 Å². The largest absolute Gasteiger partial charge is 0.378 e. The average molecular weight is 348 g/mol. The summed E-state index contributed by atoms with van der Waals surface area (Å²) in [6.45, 7) is 0.816. The molecule has 2 heterocycles. The van der Waals surface area contributed by atoms with Gasteiger partial charge in [-0.15, -0.1) is 0 Å². The fourth-order valence-corrected chi connectivity index (χ4v) is 2.52. The van der Waals surface area contributed by atoms with Gasteiger partial charge in [0.1, 0.15) is 4.60 Å². The number of aromatic nitrogens is 1. The van der Waals surface area contributed by atoms with Crippen molar-refractivity contribution in [2.75, 3.05) is 11.9 Å². The Kier molecular flexibility index (Phi) is 5.60. The molecule has 104 valence electrons. The molecule has 1 atom stereocenters. The molecule has 1 saturated heterocycles. The smallest absolute Gasteiger partial charge is 0.224 e. The van der Waals surface area contributed by atoms with Crippen molar-refractivity contribution in [2.24, 2.45) is 0 Å². The van der Waals surface area contributed by atoms with Crippen LogP contribution in [-0.4, -0.2) is 23.6 Å². The molecule has 6 heteroatoms. The first-order valence-corrected chi connectivity index (χ1v) is 7.55. The molecule has 0 saturated carbocycles. The highest BCUT2D eigenvalue weighted by Gasteiger charge is 2.15. The van der Waals surface area contributed by atoms with Gasteiger partial charge in [0, 0.05) is 19.2 Å². The van der Waals surface area contributed by atoms with Crippen LogP contribution in [0, 0.1) is 0 Å². The number of hydrogen-bond donors (Lipinski definition) is 1. The van der Waals surface area contributed by atoms with Crippen LogP contribution < -0.4 is 5.32 Å². The van der Waals surface area contributed by atoms with Crippen LogP contribution in [0.1, 0.15) is 32.1 Å². The molecule has 1 fully saturated rings. The fourth-order valence-electron chi connectivity index (χ4n) is 2.05. The van der Waals surface area contributed by atoms with Crippen molar-refractivity contribution in [1.82, 2.24) is 4.98 Å². The van der Waals surface area contributed by atoms with Crippen molar-refractivity contribution in [1.29, 1.82) is 0 Å². The minimum atomic E-state index is -0.0426. The lowest BCUT2D eigenvalue weighted by atomic mass is 10.0. The van der Waals surface area contributed by atoms with Gasteiger partial charge in [0.05, 0.1) is 16.8 Å². The summed E-state index contributed by atoms with van der Waals surface area (Å²) < 4.78 is 6.18. The molecule has 0 bridgehead atoms. The van der Waals surface area contributed by atoms with E-state index in [1.807, 2.05) is 0 Å².